The molecule has 0 aromatic heterocycles. The lowest BCUT2D eigenvalue weighted by molar-refractivity contribution is -0.132. The van der Waals surface area contributed by atoms with Gasteiger partial charge >= 0.3 is 0 Å². The van der Waals surface area contributed by atoms with Crippen LogP contribution in [0.15, 0.2) is 18.2 Å². The smallest absolute Gasteiger partial charge is 0.270 e. The molecule has 1 N–H and O–H groups in total. The normalized spacial score (nSPS) is 15.8. The zero-order valence-corrected chi connectivity index (χ0v) is 15.9. The van der Waals surface area contributed by atoms with Crippen LogP contribution in [-0.4, -0.2) is 56.0 Å². The maximum Gasteiger partial charge on any atom is 0.270 e. The third kappa shape index (κ3) is 4.95. The SMILES string of the molecule is Cc1ccc2c(c1)N(CCC(=O)NCCCN(C)C)C(=O)C(C)(C)O2. The van der Waals surface area contributed by atoms with Gasteiger partial charge in [0.05, 0.1) is 5.69 Å². The molecule has 6 nitrogen and oxygen atoms in total. The Morgan fingerprint density at radius 2 is 2.04 bits per heavy atom. The number of hydrogen-bond acceptors (Lipinski definition) is 4. The molecule has 0 saturated heterocycles. The summed E-state index contributed by atoms with van der Waals surface area (Å²) in [7, 11) is 4.01. The average molecular weight is 347 g/mol. The van der Waals surface area contributed by atoms with E-state index in [1.165, 1.54) is 0 Å². The van der Waals surface area contributed by atoms with Crippen LogP contribution in [0.5, 0.6) is 5.75 Å². The van der Waals surface area contributed by atoms with Crippen LogP contribution >= 0.6 is 0 Å². The molecule has 1 aliphatic heterocycles. The number of amides is 2. The quantitative estimate of drug-likeness (QED) is 0.766. The summed E-state index contributed by atoms with van der Waals surface area (Å²) in [5.41, 5.74) is 0.863. The van der Waals surface area contributed by atoms with Gasteiger partial charge in [0.1, 0.15) is 5.75 Å². The monoisotopic (exact) mass is 347 g/mol. The molecule has 2 rings (SSSR count). The van der Waals surface area contributed by atoms with E-state index in [2.05, 4.69) is 10.2 Å². The van der Waals surface area contributed by atoms with Gasteiger partial charge in [-0.2, -0.15) is 0 Å². The molecule has 0 spiro atoms. The molecule has 0 radical (unpaired) electrons. The molecular weight excluding hydrogens is 318 g/mol. The molecule has 0 saturated carbocycles. The third-order valence-corrected chi connectivity index (χ3v) is 4.20. The van der Waals surface area contributed by atoms with E-state index in [0.29, 0.717) is 18.8 Å². The van der Waals surface area contributed by atoms with Crippen molar-refractivity contribution in [2.75, 3.05) is 38.6 Å². The number of nitrogens with one attached hydrogen (secondary N) is 1. The zero-order valence-electron chi connectivity index (χ0n) is 15.9. The number of fused-ring (bicyclic) bond motifs is 1. The molecule has 1 aromatic carbocycles. The highest BCUT2D eigenvalue weighted by molar-refractivity contribution is 6.02. The second kappa shape index (κ2) is 7.87. The van der Waals surface area contributed by atoms with E-state index < -0.39 is 5.60 Å². The van der Waals surface area contributed by atoms with Crippen LogP contribution in [0, 0.1) is 6.92 Å². The van der Waals surface area contributed by atoms with Gasteiger partial charge in [0.15, 0.2) is 5.60 Å². The summed E-state index contributed by atoms with van der Waals surface area (Å²) < 4.78 is 5.83. The van der Waals surface area contributed by atoms with Crippen LogP contribution in [0.25, 0.3) is 0 Å². The predicted octanol–water partition coefficient (Wildman–Crippen LogP) is 1.96. The molecule has 0 unspecified atom stereocenters. The Labute approximate surface area is 150 Å². The second-order valence-electron chi connectivity index (χ2n) is 7.30. The Morgan fingerprint density at radius 1 is 1.32 bits per heavy atom. The van der Waals surface area contributed by atoms with Crippen LogP contribution in [0.1, 0.15) is 32.3 Å². The number of rotatable bonds is 7. The molecule has 1 heterocycles. The summed E-state index contributed by atoms with van der Waals surface area (Å²) in [4.78, 5) is 28.6. The van der Waals surface area contributed by atoms with E-state index in [4.69, 9.17) is 4.74 Å². The van der Waals surface area contributed by atoms with E-state index in [0.717, 1.165) is 24.2 Å². The van der Waals surface area contributed by atoms with Crippen molar-refractivity contribution in [3.63, 3.8) is 0 Å². The lowest BCUT2D eigenvalue weighted by Gasteiger charge is -2.38. The first kappa shape index (κ1) is 19.2. The van der Waals surface area contributed by atoms with Gasteiger partial charge in [-0.25, -0.2) is 0 Å². The van der Waals surface area contributed by atoms with Gasteiger partial charge in [-0.1, -0.05) is 6.07 Å². The molecule has 6 heteroatoms. The van der Waals surface area contributed by atoms with Gasteiger partial charge in [-0.05, 0) is 65.5 Å². The van der Waals surface area contributed by atoms with Crippen molar-refractivity contribution < 1.29 is 14.3 Å². The summed E-state index contributed by atoms with van der Waals surface area (Å²) in [6.45, 7) is 7.42. The van der Waals surface area contributed by atoms with Gasteiger partial charge in [0, 0.05) is 19.5 Å². The number of carbonyl (C=O) groups is 2. The molecule has 1 aliphatic rings. The second-order valence-corrected chi connectivity index (χ2v) is 7.30. The van der Waals surface area contributed by atoms with Crippen molar-refractivity contribution in [2.45, 2.75) is 39.2 Å². The third-order valence-electron chi connectivity index (χ3n) is 4.20. The van der Waals surface area contributed by atoms with Crippen LogP contribution in [-0.2, 0) is 9.59 Å². The van der Waals surface area contributed by atoms with Crippen LogP contribution < -0.4 is 15.0 Å². The van der Waals surface area contributed by atoms with Gasteiger partial charge in [0.25, 0.3) is 5.91 Å². The van der Waals surface area contributed by atoms with Gasteiger partial charge < -0.3 is 19.9 Å². The first-order valence-corrected chi connectivity index (χ1v) is 8.74. The van der Waals surface area contributed by atoms with Gasteiger partial charge in [-0.3, -0.25) is 9.59 Å². The first-order valence-electron chi connectivity index (χ1n) is 8.74. The number of nitrogens with zero attached hydrogens (tertiary/aromatic N) is 2. The number of anilines is 1. The van der Waals surface area contributed by atoms with E-state index in [1.807, 2.05) is 39.2 Å². The van der Waals surface area contributed by atoms with E-state index in [9.17, 15) is 9.59 Å². The van der Waals surface area contributed by atoms with Crippen LogP contribution in [0.4, 0.5) is 5.69 Å². The summed E-state index contributed by atoms with van der Waals surface area (Å²) in [5.74, 6) is 0.526. The van der Waals surface area contributed by atoms with Crippen molar-refractivity contribution in [3.8, 4) is 5.75 Å². The van der Waals surface area contributed by atoms with Crippen molar-refractivity contribution in [1.29, 1.82) is 0 Å². The minimum Gasteiger partial charge on any atom is -0.476 e. The van der Waals surface area contributed by atoms with E-state index in [1.54, 1.807) is 18.7 Å². The molecule has 0 aliphatic carbocycles. The Balaban J connectivity index is 1.99. The van der Waals surface area contributed by atoms with Crippen molar-refractivity contribution in [2.24, 2.45) is 0 Å². The summed E-state index contributed by atoms with van der Waals surface area (Å²) in [6.07, 6.45) is 1.18. The number of aryl methyl sites for hydroxylation is 1. The summed E-state index contributed by atoms with van der Waals surface area (Å²) in [6, 6.07) is 5.77. The maximum atomic E-state index is 12.7. The summed E-state index contributed by atoms with van der Waals surface area (Å²) in [5, 5.41) is 2.91. The van der Waals surface area contributed by atoms with Crippen LogP contribution in [0.3, 0.4) is 0 Å². The fourth-order valence-corrected chi connectivity index (χ4v) is 2.82. The van der Waals surface area contributed by atoms with E-state index >= 15 is 0 Å². The molecule has 1 aromatic rings. The molecule has 0 fully saturated rings. The van der Waals surface area contributed by atoms with E-state index in [-0.39, 0.29) is 18.2 Å². The molecule has 138 valence electrons. The molecule has 2 amide bonds. The summed E-state index contributed by atoms with van der Waals surface area (Å²) >= 11 is 0. The lowest BCUT2D eigenvalue weighted by Crippen LogP contribution is -2.53. The van der Waals surface area contributed by atoms with Crippen molar-refractivity contribution >= 4 is 17.5 Å². The molecule has 25 heavy (non-hydrogen) atoms. The highest BCUT2D eigenvalue weighted by Crippen LogP contribution is 2.38. The Kier molecular flexibility index (Phi) is 6.06. The fourth-order valence-electron chi connectivity index (χ4n) is 2.82. The number of carbonyl (C=O) groups excluding carboxylic acids is 2. The Bertz CT molecular complexity index is 641. The van der Waals surface area contributed by atoms with Gasteiger partial charge in [0.2, 0.25) is 5.91 Å². The molecule has 0 bridgehead atoms. The van der Waals surface area contributed by atoms with Crippen molar-refractivity contribution in [1.82, 2.24) is 10.2 Å². The Morgan fingerprint density at radius 3 is 2.72 bits per heavy atom. The number of benzene rings is 1. The highest BCUT2D eigenvalue weighted by atomic mass is 16.5. The van der Waals surface area contributed by atoms with Crippen molar-refractivity contribution in [3.05, 3.63) is 23.8 Å². The Hall–Kier alpha value is -2.08. The minimum atomic E-state index is -0.926. The minimum absolute atomic E-state index is 0.0370. The average Bonchev–Trinajstić information content (AvgIpc) is 2.52. The number of ether oxygens (including phenoxy) is 1. The molecular formula is C19H29N3O3. The van der Waals surface area contributed by atoms with Gasteiger partial charge in [-0.15, -0.1) is 0 Å². The predicted molar refractivity (Wildman–Crippen MR) is 99.0 cm³/mol. The largest absolute Gasteiger partial charge is 0.476 e. The highest BCUT2D eigenvalue weighted by Gasteiger charge is 2.40. The fraction of sp³-hybridized carbons (Fsp3) is 0.579. The topological polar surface area (TPSA) is 61.9 Å². The standard InChI is InChI=1S/C19H29N3O3/c1-14-7-8-16-15(13-14)22(18(24)19(2,3)25-16)12-9-17(23)20-10-6-11-21(4)5/h7-8,13H,6,9-12H2,1-5H3,(H,20,23). The lowest BCUT2D eigenvalue weighted by atomic mass is 10.0. The zero-order chi connectivity index (χ0) is 18.6. The molecule has 0 atom stereocenters. The van der Waals surface area contributed by atoms with Crippen LogP contribution in [0.2, 0.25) is 0 Å². The maximum absolute atomic E-state index is 12.7. The number of hydrogen-bond donors (Lipinski definition) is 1. The first-order chi connectivity index (χ1) is 11.7.